The van der Waals surface area contributed by atoms with Gasteiger partial charge in [0.25, 0.3) is 0 Å². The van der Waals surface area contributed by atoms with Crippen LogP contribution in [-0.4, -0.2) is 59.1 Å². The SMILES string of the molecule is COC(=O)[C@H](CC(C)C)N1CCN(C(C)=O)N(Cc2ccccc2)C1=O. The van der Waals surface area contributed by atoms with Crippen molar-refractivity contribution in [1.29, 1.82) is 0 Å². The van der Waals surface area contributed by atoms with Crippen molar-refractivity contribution >= 4 is 17.9 Å². The number of nitrogens with zero attached hydrogens (tertiary/aromatic N) is 3. The third-order valence-corrected chi connectivity index (χ3v) is 4.39. The maximum Gasteiger partial charge on any atom is 0.340 e. The molecule has 7 heteroatoms. The lowest BCUT2D eigenvalue weighted by Gasteiger charge is -2.45. The molecule has 0 aromatic heterocycles. The Morgan fingerprint density at radius 3 is 2.35 bits per heavy atom. The van der Waals surface area contributed by atoms with E-state index in [4.69, 9.17) is 4.74 Å². The smallest absolute Gasteiger partial charge is 0.340 e. The molecule has 1 saturated heterocycles. The van der Waals surface area contributed by atoms with Crippen LogP contribution < -0.4 is 0 Å². The van der Waals surface area contributed by atoms with Crippen molar-refractivity contribution in [3.05, 3.63) is 35.9 Å². The predicted molar refractivity (Wildman–Crippen MR) is 96.7 cm³/mol. The number of benzene rings is 1. The van der Waals surface area contributed by atoms with Gasteiger partial charge >= 0.3 is 12.0 Å². The highest BCUT2D eigenvalue weighted by Gasteiger charge is 2.40. The molecule has 0 saturated carbocycles. The molecule has 2 rings (SSSR count). The number of amides is 3. The third kappa shape index (κ3) is 4.53. The largest absolute Gasteiger partial charge is 0.467 e. The van der Waals surface area contributed by atoms with Gasteiger partial charge in [-0.25, -0.2) is 19.6 Å². The van der Waals surface area contributed by atoms with Gasteiger partial charge in [-0.3, -0.25) is 4.79 Å². The first kappa shape index (κ1) is 19.8. The van der Waals surface area contributed by atoms with Crippen molar-refractivity contribution in [2.75, 3.05) is 20.2 Å². The van der Waals surface area contributed by atoms with Crippen LogP contribution in [0, 0.1) is 5.92 Å². The maximum atomic E-state index is 13.1. The summed E-state index contributed by atoms with van der Waals surface area (Å²) in [5.41, 5.74) is 0.910. The van der Waals surface area contributed by atoms with Crippen LogP contribution in [0.4, 0.5) is 4.79 Å². The molecule has 0 unspecified atom stereocenters. The minimum absolute atomic E-state index is 0.201. The average Bonchev–Trinajstić information content (AvgIpc) is 2.61. The van der Waals surface area contributed by atoms with Crippen LogP contribution in [0.5, 0.6) is 0 Å². The molecule has 1 aliphatic rings. The number of urea groups is 1. The Morgan fingerprint density at radius 1 is 1.15 bits per heavy atom. The lowest BCUT2D eigenvalue weighted by Crippen LogP contribution is -2.64. The van der Waals surface area contributed by atoms with Gasteiger partial charge in [0.15, 0.2) is 0 Å². The van der Waals surface area contributed by atoms with E-state index in [-0.39, 0.29) is 24.4 Å². The molecular weight excluding hydrogens is 334 g/mol. The number of hydrogen-bond donors (Lipinski definition) is 0. The molecule has 1 heterocycles. The number of ether oxygens (including phenoxy) is 1. The predicted octanol–water partition coefficient (Wildman–Crippen LogP) is 2.28. The molecule has 1 aliphatic heterocycles. The van der Waals surface area contributed by atoms with Crippen LogP contribution in [0.1, 0.15) is 32.8 Å². The average molecular weight is 361 g/mol. The van der Waals surface area contributed by atoms with Crippen molar-refractivity contribution in [2.45, 2.75) is 39.8 Å². The fraction of sp³-hybridized carbons (Fsp3) is 0.526. The van der Waals surface area contributed by atoms with Gasteiger partial charge in [-0.2, -0.15) is 0 Å². The van der Waals surface area contributed by atoms with Gasteiger partial charge in [-0.15, -0.1) is 0 Å². The Hall–Kier alpha value is -2.57. The third-order valence-electron chi connectivity index (χ3n) is 4.39. The number of hydrazine groups is 1. The summed E-state index contributed by atoms with van der Waals surface area (Å²) in [7, 11) is 1.33. The van der Waals surface area contributed by atoms with E-state index in [1.165, 1.54) is 29.0 Å². The van der Waals surface area contributed by atoms with Crippen LogP contribution >= 0.6 is 0 Å². The Labute approximate surface area is 154 Å². The van der Waals surface area contributed by atoms with E-state index in [1.807, 2.05) is 44.2 Å². The fourth-order valence-electron chi connectivity index (χ4n) is 3.13. The molecule has 0 bridgehead atoms. The highest BCUT2D eigenvalue weighted by Crippen LogP contribution is 2.21. The van der Waals surface area contributed by atoms with Crippen molar-refractivity contribution in [1.82, 2.24) is 14.9 Å². The normalized spacial score (nSPS) is 16.0. The molecular formula is C19H27N3O4. The van der Waals surface area contributed by atoms with Crippen LogP contribution in [0.15, 0.2) is 30.3 Å². The molecule has 1 aromatic carbocycles. The van der Waals surface area contributed by atoms with Crippen LogP contribution in [0.25, 0.3) is 0 Å². The van der Waals surface area contributed by atoms with E-state index < -0.39 is 12.0 Å². The topological polar surface area (TPSA) is 70.2 Å². The minimum atomic E-state index is -0.653. The fourth-order valence-corrected chi connectivity index (χ4v) is 3.13. The van der Waals surface area contributed by atoms with E-state index in [0.717, 1.165) is 5.56 Å². The highest BCUT2D eigenvalue weighted by molar-refractivity contribution is 5.86. The van der Waals surface area contributed by atoms with Gasteiger partial charge in [0.1, 0.15) is 6.04 Å². The lowest BCUT2D eigenvalue weighted by atomic mass is 10.0. The summed E-state index contributed by atoms with van der Waals surface area (Å²) >= 11 is 0. The van der Waals surface area contributed by atoms with E-state index in [2.05, 4.69) is 0 Å². The number of methoxy groups -OCH3 is 1. The Morgan fingerprint density at radius 2 is 1.81 bits per heavy atom. The van der Waals surface area contributed by atoms with Crippen molar-refractivity contribution in [2.24, 2.45) is 5.92 Å². The summed E-state index contributed by atoms with van der Waals surface area (Å²) in [6, 6.07) is 8.45. The van der Waals surface area contributed by atoms with Crippen LogP contribution in [-0.2, 0) is 20.9 Å². The summed E-state index contributed by atoms with van der Waals surface area (Å²) in [6.45, 7) is 6.34. The van der Waals surface area contributed by atoms with Gasteiger partial charge < -0.3 is 9.64 Å². The van der Waals surface area contributed by atoms with E-state index in [9.17, 15) is 14.4 Å². The monoisotopic (exact) mass is 361 g/mol. The summed E-state index contributed by atoms with van der Waals surface area (Å²) in [5.74, 6) is -0.407. The van der Waals surface area contributed by atoms with Crippen LogP contribution in [0.2, 0.25) is 0 Å². The molecule has 1 fully saturated rings. The second-order valence-electron chi connectivity index (χ2n) is 6.83. The van der Waals surface area contributed by atoms with E-state index >= 15 is 0 Å². The van der Waals surface area contributed by atoms with Gasteiger partial charge in [-0.05, 0) is 17.9 Å². The number of rotatable bonds is 6. The summed E-state index contributed by atoms with van der Waals surface area (Å²) < 4.78 is 4.91. The first-order chi connectivity index (χ1) is 12.3. The van der Waals surface area contributed by atoms with Gasteiger partial charge in [0, 0.05) is 13.5 Å². The van der Waals surface area contributed by atoms with Crippen molar-refractivity contribution in [3.63, 3.8) is 0 Å². The number of carbonyl (C=O) groups is 3. The summed E-state index contributed by atoms with van der Waals surface area (Å²) in [6.07, 6.45) is 0.512. The van der Waals surface area contributed by atoms with Gasteiger partial charge in [-0.1, -0.05) is 44.2 Å². The molecule has 0 aliphatic carbocycles. The van der Waals surface area contributed by atoms with Crippen LogP contribution in [0.3, 0.4) is 0 Å². The second-order valence-corrected chi connectivity index (χ2v) is 6.83. The van der Waals surface area contributed by atoms with Gasteiger partial charge in [0.05, 0.1) is 20.2 Å². The minimum Gasteiger partial charge on any atom is -0.467 e. The quantitative estimate of drug-likeness (QED) is 0.729. The molecule has 1 atom stereocenters. The Balaban J connectivity index is 2.28. The Bertz CT molecular complexity index is 647. The highest BCUT2D eigenvalue weighted by atomic mass is 16.5. The molecule has 1 aromatic rings. The van der Waals surface area contributed by atoms with Gasteiger partial charge in [0.2, 0.25) is 5.91 Å². The first-order valence-corrected chi connectivity index (χ1v) is 8.83. The molecule has 142 valence electrons. The first-order valence-electron chi connectivity index (χ1n) is 8.83. The maximum absolute atomic E-state index is 13.1. The molecule has 0 radical (unpaired) electrons. The van der Waals surface area contributed by atoms with E-state index in [1.54, 1.807) is 0 Å². The Kier molecular flexibility index (Phi) is 6.60. The zero-order chi connectivity index (χ0) is 19.3. The lowest BCUT2D eigenvalue weighted by molar-refractivity contribution is -0.153. The number of hydrogen-bond acceptors (Lipinski definition) is 4. The molecule has 7 nitrogen and oxygen atoms in total. The van der Waals surface area contributed by atoms with Crippen molar-refractivity contribution in [3.8, 4) is 0 Å². The zero-order valence-electron chi connectivity index (χ0n) is 15.8. The molecule has 0 N–H and O–H groups in total. The summed E-state index contributed by atoms with van der Waals surface area (Å²) in [4.78, 5) is 38.9. The zero-order valence-corrected chi connectivity index (χ0v) is 15.8. The summed E-state index contributed by atoms with van der Waals surface area (Å²) in [5, 5.41) is 2.85. The standard InChI is InChI=1S/C19H27N3O4/c1-14(2)12-17(18(24)26-4)20-10-11-21(15(3)23)22(19(20)25)13-16-8-6-5-7-9-16/h5-9,14,17H,10-13H2,1-4H3/t17-/m0/s1. The number of esters is 1. The molecule has 26 heavy (non-hydrogen) atoms. The second kappa shape index (κ2) is 8.69. The number of carbonyl (C=O) groups excluding carboxylic acids is 3. The molecule has 0 spiro atoms. The van der Waals surface area contributed by atoms with Crippen molar-refractivity contribution < 1.29 is 19.1 Å². The van der Waals surface area contributed by atoms with E-state index in [0.29, 0.717) is 19.5 Å². The molecule has 3 amide bonds.